The summed E-state index contributed by atoms with van der Waals surface area (Å²) in [6.45, 7) is 1.23. The van der Waals surface area contributed by atoms with Gasteiger partial charge in [-0.15, -0.1) is 0 Å². The van der Waals surface area contributed by atoms with E-state index in [0.29, 0.717) is 0 Å². The smallest absolute Gasteiger partial charge is 0.332 e. The highest BCUT2D eigenvalue weighted by atomic mass is 16.5. The van der Waals surface area contributed by atoms with Crippen LogP contribution in [0.2, 0.25) is 0 Å². The molecule has 0 bridgehead atoms. The number of nitrogen functional groups attached to an aromatic ring is 1. The van der Waals surface area contributed by atoms with Crippen LogP contribution in [0, 0.1) is 5.92 Å². The SMILES string of the molecule is CCn1c(=O)c(C(=O)COC(=O)C[C@@H]2C=CCC2)c(N)n(Cc2ccccc2)c1=O. The molecule has 0 fully saturated rings. The number of hydrogen-bond donors (Lipinski definition) is 1. The maximum absolute atomic E-state index is 12.7. The molecular formula is C22H25N3O5. The van der Waals surface area contributed by atoms with Crippen LogP contribution in [-0.2, 0) is 22.6 Å². The Morgan fingerprint density at radius 3 is 2.53 bits per heavy atom. The second-order valence-electron chi connectivity index (χ2n) is 7.22. The van der Waals surface area contributed by atoms with E-state index in [2.05, 4.69) is 0 Å². The van der Waals surface area contributed by atoms with Crippen LogP contribution in [0.4, 0.5) is 5.82 Å². The quantitative estimate of drug-likeness (QED) is 0.402. The number of allylic oxidation sites excluding steroid dienone is 2. The molecule has 8 nitrogen and oxygen atoms in total. The molecular weight excluding hydrogens is 386 g/mol. The van der Waals surface area contributed by atoms with Crippen molar-refractivity contribution < 1.29 is 14.3 Å². The first-order chi connectivity index (χ1) is 14.4. The van der Waals surface area contributed by atoms with E-state index in [1.54, 1.807) is 6.92 Å². The molecule has 2 N–H and O–H groups in total. The first-order valence-corrected chi connectivity index (χ1v) is 9.94. The predicted molar refractivity (Wildman–Crippen MR) is 112 cm³/mol. The molecule has 158 valence electrons. The van der Waals surface area contributed by atoms with Crippen LogP contribution in [0.3, 0.4) is 0 Å². The molecule has 0 unspecified atom stereocenters. The van der Waals surface area contributed by atoms with Crippen molar-refractivity contribution >= 4 is 17.6 Å². The molecule has 1 aromatic carbocycles. The highest BCUT2D eigenvalue weighted by Crippen LogP contribution is 2.20. The van der Waals surface area contributed by atoms with Crippen molar-refractivity contribution in [3.05, 3.63) is 74.4 Å². The van der Waals surface area contributed by atoms with Gasteiger partial charge >= 0.3 is 11.7 Å². The molecule has 0 saturated heterocycles. The number of aromatic nitrogens is 2. The largest absolute Gasteiger partial charge is 0.457 e. The number of esters is 1. The molecule has 1 aliphatic rings. The maximum Gasteiger partial charge on any atom is 0.332 e. The van der Waals surface area contributed by atoms with Gasteiger partial charge in [-0.25, -0.2) is 4.79 Å². The van der Waals surface area contributed by atoms with Gasteiger partial charge in [-0.3, -0.25) is 23.5 Å². The Morgan fingerprint density at radius 2 is 1.90 bits per heavy atom. The van der Waals surface area contributed by atoms with Gasteiger partial charge in [-0.05, 0) is 31.2 Å². The fraction of sp³-hybridized carbons (Fsp3) is 0.364. The van der Waals surface area contributed by atoms with Crippen LogP contribution >= 0.6 is 0 Å². The van der Waals surface area contributed by atoms with E-state index in [1.165, 1.54) is 4.57 Å². The van der Waals surface area contributed by atoms with Crippen LogP contribution in [0.1, 0.15) is 42.1 Å². The number of carbonyl (C=O) groups is 2. The van der Waals surface area contributed by atoms with E-state index in [1.807, 2.05) is 42.5 Å². The summed E-state index contributed by atoms with van der Waals surface area (Å²) in [4.78, 5) is 50.2. The second-order valence-corrected chi connectivity index (χ2v) is 7.22. The summed E-state index contributed by atoms with van der Waals surface area (Å²) in [6.07, 6.45) is 5.95. The molecule has 8 heteroatoms. The minimum atomic E-state index is -0.774. The van der Waals surface area contributed by atoms with E-state index in [9.17, 15) is 19.2 Å². The lowest BCUT2D eigenvalue weighted by Crippen LogP contribution is -2.44. The van der Waals surface area contributed by atoms with Crippen molar-refractivity contribution in [3.8, 4) is 0 Å². The Hall–Kier alpha value is -3.42. The molecule has 1 aromatic heterocycles. The standard InChI is InChI=1S/C22H25N3O5/c1-2-24-21(28)19(17(26)14-30-18(27)12-15-8-6-7-9-15)20(23)25(22(24)29)13-16-10-4-3-5-11-16/h3-6,8,10-11,15H,2,7,9,12-14,23H2,1H3/t15-/m1/s1. The van der Waals surface area contributed by atoms with Crippen LogP contribution < -0.4 is 17.0 Å². The Morgan fingerprint density at radius 1 is 1.17 bits per heavy atom. The molecule has 0 aliphatic heterocycles. The number of anilines is 1. The normalized spacial score (nSPS) is 15.3. The summed E-state index contributed by atoms with van der Waals surface area (Å²) in [7, 11) is 0. The average molecular weight is 411 g/mol. The van der Waals surface area contributed by atoms with E-state index in [4.69, 9.17) is 10.5 Å². The first-order valence-electron chi connectivity index (χ1n) is 9.94. The molecule has 0 spiro atoms. The average Bonchev–Trinajstić information content (AvgIpc) is 3.24. The molecule has 0 radical (unpaired) electrons. The molecule has 3 rings (SSSR count). The van der Waals surface area contributed by atoms with Gasteiger partial charge in [0.2, 0.25) is 5.78 Å². The minimum absolute atomic E-state index is 0.0841. The summed E-state index contributed by atoms with van der Waals surface area (Å²) in [5, 5.41) is 0. The van der Waals surface area contributed by atoms with Gasteiger partial charge in [-0.1, -0.05) is 42.5 Å². The fourth-order valence-electron chi connectivity index (χ4n) is 3.53. The summed E-state index contributed by atoms with van der Waals surface area (Å²) >= 11 is 0. The number of benzene rings is 1. The summed E-state index contributed by atoms with van der Waals surface area (Å²) < 4.78 is 7.23. The van der Waals surface area contributed by atoms with E-state index >= 15 is 0 Å². The topological polar surface area (TPSA) is 113 Å². The van der Waals surface area contributed by atoms with Crippen LogP contribution in [-0.4, -0.2) is 27.5 Å². The third kappa shape index (κ3) is 4.59. The van der Waals surface area contributed by atoms with Crippen LogP contribution in [0.15, 0.2) is 52.1 Å². The van der Waals surface area contributed by atoms with Crippen LogP contribution in [0.5, 0.6) is 0 Å². The zero-order chi connectivity index (χ0) is 21.7. The maximum atomic E-state index is 12.7. The number of nitrogens with two attached hydrogens (primary N) is 1. The van der Waals surface area contributed by atoms with Crippen LogP contribution in [0.25, 0.3) is 0 Å². The fourth-order valence-corrected chi connectivity index (χ4v) is 3.53. The lowest BCUT2D eigenvalue weighted by Gasteiger charge is -2.16. The predicted octanol–water partition coefficient (Wildman–Crippen LogP) is 1.74. The molecule has 0 amide bonds. The number of carbonyl (C=O) groups excluding carboxylic acids is 2. The van der Waals surface area contributed by atoms with Gasteiger partial charge in [0.05, 0.1) is 13.0 Å². The monoisotopic (exact) mass is 411 g/mol. The zero-order valence-corrected chi connectivity index (χ0v) is 16.9. The van der Waals surface area contributed by atoms with Gasteiger partial charge in [-0.2, -0.15) is 0 Å². The van der Waals surface area contributed by atoms with E-state index in [-0.39, 0.29) is 36.8 Å². The Kier molecular flexibility index (Phi) is 6.66. The third-order valence-electron chi connectivity index (χ3n) is 5.15. The number of ether oxygens (including phenoxy) is 1. The lowest BCUT2D eigenvalue weighted by molar-refractivity contribution is -0.143. The Balaban J connectivity index is 1.85. The van der Waals surface area contributed by atoms with Crippen molar-refractivity contribution in [1.82, 2.24) is 9.13 Å². The lowest BCUT2D eigenvalue weighted by atomic mass is 10.1. The van der Waals surface area contributed by atoms with E-state index in [0.717, 1.165) is 23.0 Å². The molecule has 1 atom stereocenters. The summed E-state index contributed by atoms with van der Waals surface area (Å²) in [6, 6.07) is 9.10. The molecule has 0 saturated carbocycles. The third-order valence-corrected chi connectivity index (χ3v) is 5.15. The van der Waals surface area contributed by atoms with Gasteiger partial charge in [0.25, 0.3) is 5.56 Å². The van der Waals surface area contributed by atoms with Gasteiger partial charge in [0.15, 0.2) is 6.61 Å². The van der Waals surface area contributed by atoms with Crippen molar-refractivity contribution in [2.45, 2.75) is 39.3 Å². The number of Topliss-reactive ketones (excluding diaryl/α,β-unsaturated/α-hetero) is 1. The van der Waals surface area contributed by atoms with Crippen molar-refractivity contribution in [2.24, 2.45) is 5.92 Å². The van der Waals surface area contributed by atoms with Crippen molar-refractivity contribution in [2.75, 3.05) is 12.3 Å². The summed E-state index contributed by atoms with van der Waals surface area (Å²) in [5.41, 5.74) is 5.17. The molecule has 2 aromatic rings. The highest BCUT2D eigenvalue weighted by molar-refractivity contribution is 6.01. The van der Waals surface area contributed by atoms with E-state index < -0.39 is 29.6 Å². The first kappa shape index (κ1) is 21.3. The molecule has 1 aliphatic carbocycles. The van der Waals surface area contributed by atoms with Gasteiger partial charge in [0, 0.05) is 6.54 Å². The van der Waals surface area contributed by atoms with Crippen molar-refractivity contribution in [1.29, 1.82) is 0 Å². The molecule has 30 heavy (non-hydrogen) atoms. The second kappa shape index (κ2) is 9.39. The highest BCUT2D eigenvalue weighted by Gasteiger charge is 2.24. The number of rotatable bonds is 8. The zero-order valence-electron chi connectivity index (χ0n) is 16.9. The van der Waals surface area contributed by atoms with Gasteiger partial charge < -0.3 is 10.5 Å². The Labute approximate surface area is 173 Å². The minimum Gasteiger partial charge on any atom is -0.457 e. The number of hydrogen-bond acceptors (Lipinski definition) is 6. The van der Waals surface area contributed by atoms with Crippen molar-refractivity contribution in [3.63, 3.8) is 0 Å². The summed E-state index contributed by atoms with van der Waals surface area (Å²) in [5.74, 6) is -1.34. The number of nitrogens with zero attached hydrogens (tertiary/aromatic N) is 2. The Bertz CT molecular complexity index is 1080. The molecule has 1 heterocycles. The van der Waals surface area contributed by atoms with Gasteiger partial charge in [0.1, 0.15) is 11.4 Å². The number of ketones is 1.